The maximum absolute atomic E-state index is 12.7. The average molecular weight is 351 g/mol. The molecule has 0 aromatic rings. The van der Waals surface area contributed by atoms with Gasteiger partial charge in [-0.3, -0.25) is 0 Å². The zero-order chi connectivity index (χ0) is 16.8. The monoisotopic (exact) mass is 351 g/mol. The van der Waals surface area contributed by atoms with Gasteiger partial charge in [-0.15, -0.1) is 0 Å². The Hall–Kier alpha value is -0.900. The fourth-order valence-corrected chi connectivity index (χ4v) is 1.25. The summed E-state index contributed by atoms with van der Waals surface area (Å²) in [5.74, 6) is 0. The Morgan fingerprint density at radius 1 is 0.750 bits per heavy atom. The normalized spacial score (nSPS) is 15.8. The van der Waals surface area contributed by atoms with E-state index < -0.39 is 38.9 Å². The molecule has 0 rings (SSSR count). The number of nitrogens with zero attached hydrogens (tertiary/aromatic N) is 1. The summed E-state index contributed by atoms with van der Waals surface area (Å²) in [6.45, 7) is 0. The molecule has 122 valence electrons. The summed E-state index contributed by atoms with van der Waals surface area (Å²) in [6, 6.07) is -7.44. The summed E-state index contributed by atoms with van der Waals surface area (Å²) in [7, 11) is -7.41. The standard InChI is InChI=1S/C4F11NO3S/c5-1(6,2(7,8)20(17,18)19-15)16(3(9,10)11)4(12,13)14. The molecule has 0 heterocycles. The number of rotatable bonds is 4. The van der Waals surface area contributed by atoms with Gasteiger partial charge in [0.15, 0.2) is 0 Å². The third kappa shape index (κ3) is 3.05. The lowest BCUT2D eigenvalue weighted by molar-refractivity contribution is -0.460. The van der Waals surface area contributed by atoms with Crippen molar-refractivity contribution in [1.29, 1.82) is 0 Å². The van der Waals surface area contributed by atoms with Gasteiger partial charge in [-0.25, -0.2) is 0 Å². The lowest BCUT2D eigenvalue weighted by atomic mass is 10.5. The fourth-order valence-electron chi connectivity index (χ4n) is 0.782. The minimum Gasteiger partial charge on any atom is -0.190 e. The number of halogens is 11. The second kappa shape index (κ2) is 4.83. The summed E-state index contributed by atoms with van der Waals surface area (Å²) in [6.07, 6.45) is -14.3. The smallest absolute Gasteiger partial charge is 0.190 e. The molecule has 0 atom stereocenters. The number of hydrogen-bond acceptors (Lipinski definition) is 4. The first-order valence-electron chi connectivity index (χ1n) is 3.67. The molecule has 0 aliphatic heterocycles. The van der Waals surface area contributed by atoms with Gasteiger partial charge in [0.05, 0.1) is 0 Å². The maximum Gasteiger partial charge on any atom is 0.472 e. The summed E-state index contributed by atoms with van der Waals surface area (Å²) in [4.78, 5) is -4.00. The van der Waals surface area contributed by atoms with Crippen LogP contribution in [0, 0.1) is 0 Å². The highest BCUT2D eigenvalue weighted by Gasteiger charge is 2.80. The van der Waals surface area contributed by atoms with E-state index in [9.17, 15) is 56.8 Å². The second-order valence-corrected chi connectivity index (χ2v) is 4.39. The molecule has 20 heavy (non-hydrogen) atoms. The predicted octanol–water partition coefficient (Wildman–Crippen LogP) is 2.74. The first-order valence-corrected chi connectivity index (χ1v) is 5.08. The Morgan fingerprint density at radius 2 is 1.05 bits per heavy atom. The summed E-state index contributed by atoms with van der Waals surface area (Å²) in [5, 5.41) is -7.19. The largest absolute Gasteiger partial charge is 0.472 e. The molecule has 0 unspecified atom stereocenters. The van der Waals surface area contributed by atoms with E-state index in [4.69, 9.17) is 0 Å². The van der Waals surface area contributed by atoms with Crippen LogP contribution in [0.25, 0.3) is 0 Å². The SMILES string of the molecule is O=S(=O)(OF)C(F)(F)C(F)(F)N(C(F)(F)F)C(F)(F)F. The van der Waals surface area contributed by atoms with E-state index in [0.717, 1.165) is 0 Å². The van der Waals surface area contributed by atoms with E-state index in [1.54, 1.807) is 0 Å². The Balaban J connectivity index is 6.18. The molecule has 0 spiro atoms. The Kier molecular flexibility index (Phi) is 4.61. The van der Waals surface area contributed by atoms with Gasteiger partial charge in [-0.05, 0) is 4.53 Å². The van der Waals surface area contributed by atoms with E-state index in [1.807, 2.05) is 0 Å². The van der Waals surface area contributed by atoms with Crippen LogP contribution in [0.5, 0.6) is 0 Å². The van der Waals surface area contributed by atoms with Crippen molar-refractivity contribution in [1.82, 2.24) is 4.90 Å². The highest BCUT2D eigenvalue weighted by atomic mass is 32.2. The van der Waals surface area contributed by atoms with Crippen LogP contribution in [-0.4, -0.2) is 37.2 Å². The number of hydrogen-bond donors (Lipinski definition) is 0. The van der Waals surface area contributed by atoms with E-state index >= 15 is 0 Å². The minimum absolute atomic E-state index is 1.35. The third-order valence-electron chi connectivity index (χ3n) is 1.54. The van der Waals surface area contributed by atoms with Crippen molar-refractivity contribution < 1.29 is 61.2 Å². The van der Waals surface area contributed by atoms with E-state index in [1.165, 1.54) is 4.39 Å². The van der Waals surface area contributed by atoms with Crippen LogP contribution in [0.3, 0.4) is 0 Å². The van der Waals surface area contributed by atoms with Gasteiger partial charge in [0, 0.05) is 0 Å². The molecule has 0 bridgehead atoms. The molecule has 0 radical (unpaired) electrons. The van der Waals surface area contributed by atoms with E-state index in [-0.39, 0.29) is 0 Å². The van der Waals surface area contributed by atoms with Crippen molar-refractivity contribution in [3.05, 3.63) is 0 Å². The van der Waals surface area contributed by atoms with Crippen LogP contribution in [-0.2, 0) is 14.5 Å². The highest BCUT2D eigenvalue weighted by Crippen LogP contribution is 2.50. The molecular formula is C4F11NO3S. The Morgan fingerprint density at radius 3 is 1.25 bits per heavy atom. The zero-order valence-corrected chi connectivity index (χ0v) is 9.05. The molecule has 0 aliphatic carbocycles. The van der Waals surface area contributed by atoms with Crippen molar-refractivity contribution in [2.24, 2.45) is 0 Å². The highest BCUT2D eigenvalue weighted by molar-refractivity contribution is 7.87. The third-order valence-corrected chi connectivity index (χ3v) is 2.57. The van der Waals surface area contributed by atoms with Gasteiger partial charge in [-0.2, -0.15) is 52.3 Å². The van der Waals surface area contributed by atoms with Crippen molar-refractivity contribution in [2.45, 2.75) is 23.9 Å². The molecule has 0 aromatic heterocycles. The number of alkyl halides is 10. The average Bonchev–Trinajstić information content (AvgIpc) is 2.11. The van der Waals surface area contributed by atoms with E-state index in [2.05, 4.69) is 0 Å². The van der Waals surface area contributed by atoms with Crippen LogP contribution >= 0.6 is 0 Å². The quantitative estimate of drug-likeness (QED) is 0.577. The molecule has 0 aliphatic rings. The zero-order valence-electron chi connectivity index (χ0n) is 8.24. The first kappa shape index (κ1) is 19.1. The molecule has 0 N–H and O–H groups in total. The van der Waals surface area contributed by atoms with Gasteiger partial charge >= 0.3 is 34.0 Å². The summed E-state index contributed by atoms with van der Waals surface area (Å²) < 4.78 is 154. The lowest BCUT2D eigenvalue weighted by Gasteiger charge is -2.35. The topological polar surface area (TPSA) is 46.6 Å². The summed E-state index contributed by atoms with van der Waals surface area (Å²) >= 11 is 0. The molecule has 0 aromatic carbocycles. The molecule has 0 amide bonds. The fraction of sp³-hybridized carbons (Fsp3) is 1.00. The summed E-state index contributed by atoms with van der Waals surface area (Å²) in [5.41, 5.74) is 0. The van der Waals surface area contributed by atoms with Crippen LogP contribution in [0.15, 0.2) is 0 Å². The van der Waals surface area contributed by atoms with Crippen LogP contribution in [0.4, 0.5) is 48.4 Å². The van der Waals surface area contributed by atoms with E-state index in [0.29, 0.717) is 0 Å². The van der Waals surface area contributed by atoms with Crippen LogP contribution in [0.1, 0.15) is 0 Å². The Labute approximate surface area is 101 Å². The second-order valence-electron chi connectivity index (χ2n) is 2.85. The minimum atomic E-state index is -7.44. The van der Waals surface area contributed by atoms with Crippen molar-refractivity contribution >= 4 is 10.1 Å². The van der Waals surface area contributed by atoms with Crippen LogP contribution < -0.4 is 0 Å². The predicted molar refractivity (Wildman–Crippen MR) is 35.0 cm³/mol. The first-order chi connectivity index (χ1) is 8.43. The maximum atomic E-state index is 12.7. The molecule has 0 saturated carbocycles. The van der Waals surface area contributed by atoms with Crippen molar-refractivity contribution in [3.63, 3.8) is 0 Å². The van der Waals surface area contributed by atoms with Gasteiger partial charge in [0.25, 0.3) is 0 Å². The molecule has 0 saturated heterocycles. The molecule has 4 nitrogen and oxygen atoms in total. The van der Waals surface area contributed by atoms with Gasteiger partial charge in [-0.1, -0.05) is 9.29 Å². The van der Waals surface area contributed by atoms with Crippen LogP contribution in [0.2, 0.25) is 0 Å². The van der Waals surface area contributed by atoms with Gasteiger partial charge in [0.1, 0.15) is 0 Å². The lowest BCUT2D eigenvalue weighted by Crippen LogP contribution is -2.66. The van der Waals surface area contributed by atoms with Crippen molar-refractivity contribution in [3.8, 4) is 0 Å². The Bertz CT molecular complexity index is 435. The van der Waals surface area contributed by atoms with Gasteiger partial charge < -0.3 is 0 Å². The molecule has 0 fully saturated rings. The van der Waals surface area contributed by atoms with Crippen molar-refractivity contribution in [2.75, 3.05) is 0 Å². The molecular weight excluding hydrogens is 351 g/mol. The molecule has 16 heteroatoms. The van der Waals surface area contributed by atoms with Gasteiger partial charge in [0.2, 0.25) is 0 Å².